The molecule has 0 saturated carbocycles. The second kappa shape index (κ2) is 8.75. The van der Waals surface area contributed by atoms with Crippen LogP contribution < -0.4 is 20.4 Å². The highest BCUT2D eigenvalue weighted by Gasteiger charge is 2.40. The first kappa shape index (κ1) is 20.8. The van der Waals surface area contributed by atoms with Crippen LogP contribution >= 0.6 is 0 Å². The highest BCUT2D eigenvalue weighted by atomic mass is 16.5. The number of nitrogens with one attached hydrogen (secondary N) is 1. The lowest BCUT2D eigenvalue weighted by atomic mass is 10.1. The first-order chi connectivity index (χ1) is 15.0. The van der Waals surface area contributed by atoms with Crippen molar-refractivity contribution in [2.75, 3.05) is 6.61 Å². The average Bonchev–Trinajstić information content (AvgIpc) is 3.31. The van der Waals surface area contributed by atoms with Gasteiger partial charge in [-0.2, -0.15) is 0 Å². The van der Waals surface area contributed by atoms with E-state index in [2.05, 4.69) is 21.7 Å². The number of fused-ring (bicyclic) bond motifs is 1. The Labute approximate surface area is 175 Å². The Kier molecular flexibility index (Phi) is 5.88. The quantitative estimate of drug-likeness (QED) is 0.272. The molecule has 1 fully saturated rings. The number of terminal acetylenes is 1. The van der Waals surface area contributed by atoms with Gasteiger partial charge in [0.1, 0.15) is 18.3 Å². The molecule has 1 aliphatic rings. The van der Waals surface area contributed by atoms with Gasteiger partial charge in [-0.1, -0.05) is 11.6 Å². The summed E-state index contributed by atoms with van der Waals surface area (Å²) in [7, 11) is 0. The van der Waals surface area contributed by atoms with E-state index in [1.807, 2.05) is 0 Å². The number of hydrogen-bond donors (Lipinski definition) is 4. The van der Waals surface area contributed by atoms with Gasteiger partial charge in [0.2, 0.25) is 0 Å². The number of benzene rings is 1. The van der Waals surface area contributed by atoms with Crippen LogP contribution in [0.3, 0.4) is 0 Å². The summed E-state index contributed by atoms with van der Waals surface area (Å²) in [6.45, 7) is -0.0584. The molecule has 1 aromatic carbocycles. The van der Waals surface area contributed by atoms with Gasteiger partial charge in [0, 0.05) is 17.5 Å². The minimum absolute atomic E-state index is 0.0466. The van der Waals surface area contributed by atoms with E-state index in [0.717, 1.165) is 0 Å². The maximum Gasteiger partial charge on any atom is 0.336 e. The minimum atomic E-state index is -1.08. The molecule has 4 atom stereocenters. The third kappa shape index (κ3) is 4.23. The summed E-state index contributed by atoms with van der Waals surface area (Å²) < 4.78 is 17.7. The van der Waals surface area contributed by atoms with Gasteiger partial charge >= 0.3 is 5.63 Å². The average molecular weight is 428 g/mol. The molecule has 0 radical (unpaired) electrons. The van der Waals surface area contributed by atoms with Crippen molar-refractivity contribution in [3.05, 3.63) is 46.6 Å². The van der Waals surface area contributed by atoms with E-state index in [0.29, 0.717) is 22.4 Å². The molecule has 11 heteroatoms. The standard InChI is InChI=1S/C20H20N4O7/c1-2-29-17-6-15-11(3-4-18(26)31-15)5-16(17)30-10-12-7-21-23-24(12)8-13-19(27)20(28)14(9-25)22-13/h1,3-7,13-14,19-20,22,25,27-28H,8-10H2/t13-,14-,19-,20-/m1/s1. The maximum atomic E-state index is 11.4. The predicted octanol–water partition coefficient (Wildman–Crippen LogP) is -1.01. The van der Waals surface area contributed by atoms with Crippen LogP contribution in [0.15, 0.2) is 39.7 Å². The fourth-order valence-electron chi connectivity index (χ4n) is 3.48. The van der Waals surface area contributed by atoms with Crippen molar-refractivity contribution in [1.82, 2.24) is 20.3 Å². The Bertz CT molecular complexity index is 1170. The highest BCUT2D eigenvalue weighted by Crippen LogP contribution is 2.32. The van der Waals surface area contributed by atoms with Crippen molar-refractivity contribution in [3.8, 4) is 24.0 Å². The van der Waals surface area contributed by atoms with Gasteiger partial charge in [-0.25, -0.2) is 9.48 Å². The Morgan fingerprint density at radius 1 is 1.23 bits per heavy atom. The van der Waals surface area contributed by atoms with Gasteiger partial charge in [0.15, 0.2) is 11.5 Å². The first-order valence-corrected chi connectivity index (χ1v) is 9.43. The summed E-state index contributed by atoms with van der Waals surface area (Å²) in [5, 5.41) is 40.9. The molecule has 3 heterocycles. The number of nitrogens with zero attached hydrogens (tertiary/aromatic N) is 3. The van der Waals surface area contributed by atoms with E-state index >= 15 is 0 Å². The molecule has 4 rings (SSSR count). The minimum Gasteiger partial charge on any atom is -0.483 e. The van der Waals surface area contributed by atoms with Crippen LogP contribution in [0.2, 0.25) is 0 Å². The molecule has 162 valence electrons. The zero-order valence-electron chi connectivity index (χ0n) is 16.2. The topological polar surface area (TPSA) is 152 Å². The van der Waals surface area contributed by atoms with E-state index < -0.39 is 29.9 Å². The van der Waals surface area contributed by atoms with E-state index in [9.17, 15) is 20.1 Å². The molecule has 4 N–H and O–H groups in total. The second-order valence-corrected chi connectivity index (χ2v) is 7.05. The highest BCUT2D eigenvalue weighted by molar-refractivity contribution is 5.80. The van der Waals surface area contributed by atoms with Crippen LogP contribution in [0, 0.1) is 12.5 Å². The van der Waals surface area contributed by atoms with Crippen molar-refractivity contribution in [2.45, 2.75) is 37.4 Å². The third-order valence-electron chi connectivity index (χ3n) is 5.10. The lowest BCUT2D eigenvalue weighted by molar-refractivity contribution is 0.0173. The summed E-state index contributed by atoms with van der Waals surface area (Å²) in [6, 6.07) is 4.83. The van der Waals surface area contributed by atoms with Crippen LogP contribution in [0.5, 0.6) is 11.5 Å². The lowest BCUT2D eigenvalue weighted by Gasteiger charge is -2.17. The molecule has 0 amide bonds. The molecule has 0 unspecified atom stereocenters. The van der Waals surface area contributed by atoms with Crippen molar-refractivity contribution in [2.24, 2.45) is 0 Å². The van der Waals surface area contributed by atoms with Gasteiger partial charge in [0.25, 0.3) is 0 Å². The predicted molar refractivity (Wildman–Crippen MR) is 106 cm³/mol. The molecule has 11 nitrogen and oxygen atoms in total. The van der Waals surface area contributed by atoms with E-state index in [1.165, 1.54) is 23.0 Å². The Hall–Kier alpha value is -3.43. The number of aliphatic hydroxyl groups is 3. The summed E-state index contributed by atoms with van der Waals surface area (Å²) in [4.78, 5) is 11.4. The molecule has 2 aromatic heterocycles. The molecule has 0 aliphatic carbocycles. The van der Waals surface area contributed by atoms with Gasteiger partial charge in [-0.3, -0.25) is 0 Å². The van der Waals surface area contributed by atoms with Crippen LogP contribution in [-0.2, 0) is 13.2 Å². The molecule has 3 aromatic rings. The fraction of sp³-hybridized carbons (Fsp3) is 0.350. The third-order valence-corrected chi connectivity index (χ3v) is 5.10. The summed E-state index contributed by atoms with van der Waals surface area (Å²) >= 11 is 0. The summed E-state index contributed by atoms with van der Waals surface area (Å²) in [5.41, 5.74) is 0.386. The van der Waals surface area contributed by atoms with Crippen LogP contribution in [0.1, 0.15) is 5.69 Å². The summed E-state index contributed by atoms with van der Waals surface area (Å²) in [5.74, 6) is 0.520. The monoisotopic (exact) mass is 428 g/mol. The zero-order chi connectivity index (χ0) is 22.0. The normalized spacial score (nSPS) is 23.0. The number of aromatic nitrogens is 3. The molecular weight excluding hydrogens is 408 g/mol. The largest absolute Gasteiger partial charge is 0.483 e. The van der Waals surface area contributed by atoms with Crippen molar-refractivity contribution < 1.29 is 29.2 Å². The Balaban J connectivity index is 1.52. The van der Waals surface area contributed by atoms with Crippen LogP contribution in [0.25, 0.3) is 11.0 Å². The molecular formula is C20H20N4O7. The molecule has 1 saturated heterocycles. The molecule has 31 heavy (non-hydrogen) atoms. The fourth-order valence-corrected chi connectivity index (χ4v) is 3.48. The van der Waals surface area contributed by atoms with Crippen molar-refractivity contribution in [3.63, 3.8) is 0 Å². The van der Waals surface area contributed by atoms with Crippen molar-refractivity contribution >= 4 is 11.0 Å². The van der Waals surface area contributed by atoms with Gasteiger partial charge < -0.3 is 34.5 Å². The lowest BCUT2D eigenvalue weighted by Crippen LogP contribution is -2.38. The number of hydrogen-bond acceptors (Lipinski definition) is 10. The smallest absolute Gasteiger partial charge is 0.336 e. The van der Waals surface area contributed by atoms with Gasteiger partial charge in [-0.05, 0) is 12.1 Å². The molecule has 0 spiro atoms. The van der Waals surface area contributed by atoms with Gasteiger partial charge in [0.05, 0.1) is 49.3 Å². The van der Waals surface area contributed by atoms with E-state index in [-0.39, 0.29) is 25.5 Å². The van der Waals surface area contributed by atoms with Crippen LogP contribution in [-0.4, -0.2) is 61.2 Å². The number of rotatable bonds is 7. The Morgan fingerprint density at radius 2 is 2.03 bits per heavy atom. The number of ether oxygens (including phenoxy) is 2. The number of aliphatic hydroxyl groups excluding tert-OH is 3. The maximum absolute atomic E-state index is 11.4. The molecule has 0 bridgehead atoms. The second-order valence-electron chi connectivity index (χ2n) is 7.05. The first-order valence-electron chi connectivity index (χ1n) is 9.43. The zero-order valence-corrected chi connectivity index (χ0v) is 16.2. The van der Waals surface area contributed by atoms with Crippen molar-refractivity contribution in [1.29, 1.82) is 0 Å². The molecule has 1 aliphatic heterocycles. The van der Waals surface area contributed by atoms with E-state index in [4.69, 9.17) is 20.3 Å². The summed E-state index contributed by atoms with van der Waals surface area (Å²) in [6.07, 6.45) is 6.66. The Morgan fingerprint density at radius 3 is 2.77 bits per heavy atom. The SMILES string of the molecule is C#COc1cc2oc(=O)ccc2cc1OCc1cnnn1C[C@H]1N[C@H](CO)[C@@H](O)[C@@H]1O. The van der Waals surface area contributed by atoms with Gasteiger partial charge in [-0.15, -0.1) is 5.10 Å². The van der Waals surface area contributed by atoms with E-state index in [1.54, 1.807) is 12.1 Å². The van der Waals surface area contributed by atoms with Crippen LogP contribution in [0.4, 0.5) is 0 Å².